The van der Waals surface area contributed by atoms with Crippen molar-refractivity contribution in [3.05, 3.63) is 82.8 Å². The number of piperazine rings is 1. The third kappa shape index (κ3) is 5.39. The van der Waals surface area contributed by atoms with E-state index in [0.29, 0.717) is 18.9 Å². The molecule has 1 N–H and O–H groups in total. The summed E-state index contributed by atoms with van der Waals surface area (Å²) in [5.74, 6) is -1.41. The topological polar surface area (TPSA) is 78.4 Å². The second kappa shape index (κ2) is 9.69. The number of nitrogens with zero attached hydrogens (tertiary/aromatic N) is 4. The zero-order valence-corrected chi connectivity index (χ0v) is 18.6. The SMILES string of the molecule is Cc1ccc(NC(=O)c2ccc(N3CCN(C(=O)c4ccccc4C(F)(F)F)CC3)nn2)c(F)c1. The molecule has 182 valence electrons. The highest BCUT2D eigenvalue weighted by Gasteiger charge is 2.36. The Bertz CT molecular complexity index is 1240. The predicted octanol–water partition coefficient (Wildman–Crippen LogP) is 4.16. The van der Waals surface area contributed by atoms with Crippen molar-refractivity contribution in [3.63, 3.8) is 0 Å². The summed E-state index contributed by atoms with van der Waals surface area (Å²) in [6.07, 6.45) is -4.62. The summed E-state index contributed by atoms with van der Waals surface area (Å²) in [6.45, 7) is 2.78. The van der Waals surface area contributed by atoms with Gasteiger partial charge in [-0.15, -0.1) is 10.2 Å². The van der Waals surface area contributed by atoms with Gasteiger partial charge in [-0.05, 0) is 48.9 Å². The highest BCUT2D eigenvalue weighted by molar-refractivity contribution is 6.02. The number of benzene rings is 2. The molecule has 1 fully saturated rings. The van der Waals surface area contributed by atoms with Crippen LogP contribution in [0.1, 0.15) is 32.0 Å². The minimum Gasteiger partial charge on any atom is -0.352 e. The van der Waals surface area contributed by atoms with Crippen LogP contribution in [0.15, 0.2) is 54.6 Å². The second-order valence-corrected chi connectivity index (χ2v) is 8.04. The summed E-state index contributed by atoms with van der Waals surface area (Å²) in [4.78, 5) is 28.3. The Balaban J connectivity index is 1.38. The van der Waals surface area contributed by atoms with Gasteiger partial charge in [-0.25, -0.2) is 4.39 Å². The van der Waals surface area contributed by atoms with E-state index in [-0.39, 0.29) is 30.0 Å². The van der Waals surface area contributed by atoms with Crippen molar-refractivity contribution < 1.29 is 27.2 Å². The average Bonchev–Trinajstić information content (AvgIpc) is 2.85. The number of hydrogen-bond acceptors (Lipinski definition) is 5. The van der Waals surface area contributed by atoms with E-state index in [1.165, 1.54) is 41.3 Å². The molecular formula is C24H21F4N5O2. The number of carbonyl (C=O) groups excluding carboxylic acids is 2. The molecule has 1 aromatic heterocycles. The largest absolute Gasteiger partial charge is 0.417 e. The molecule has 0 atom stereocenters. The molecule has 2 aromatic carbocycles. The molecule has 0 bridgehead atoms. The number of anilines is 2. The summed E-state index contributed by atoms with van der Waals surface area (Å²) in [5, 5.41) is 10.4. The Morgan fingerprint density at radius 1 is 0.943 bits per heavy atom. The van der Waals surface area contributed by atoms with Crippen LogP contribution >= 0.6 is 0 Å². The highest BCUT2D eigenvalue weighted by atomic mass is 19.4. The Kier molecular flexibility index (Phi) is 6.68. The van der Waals surface area contributed by atoms with Gasteiger partial charge in [0.05, 0.1) is 16.8 Å². The van der Waals surface area contributed by atoms with Gasteiger partial charge in [0, 0.05) is 26.2 Å². The molecule has 1 saturated heterocycles. The number of hydrogen-bond donors (Lipinski definition) is 1. The van der Waals surface area contributed by atoms with Crippen LogP contribution in [0.2, 0.25) is 0 Å². The molecule has 0 aliphatic carbocycles. The van der Waals surface area contributed by atoms with Gasteiger partial charge in [0.25, 0.3) is 11.8 Å². The molecule has 0 radical (unpaired) electrons. The highest BCUT2D eigenvalue weighted by Crippen LogP contribution is 2.32. The molecule has 3 aromatic rings. The number of aromatic nitrogens is 2. The van der Waals surface area contributed by atoms with Crippen LogP contribution in [0.4, 0.5) is 29.1 Å². The van der Waals surface area contributed by atoms with Crippen LogP contribution in [0.25, 0.3) is 0 Å². The van der Waals surface area contributed by atoms with E-state index in [0.717, 1.165) is 11.6 Å². The first-order valence-electron chi connectivity index (χ1n) is 10.7. The van der Waals surface area contributed by atoms with Gasteiger partial charge >= 0.3 is 6.18 Å². The predicted molar refractivity (Wildman–Crippen MR) is 121 cm³/mol. The third-order valence-electron chi connectivity index (χ3n) is 5.61. The summed E-state index contributed by atoms with van der Waals surface area (Å²) in [6, 6.07) is 12.2. The molecule has 35 heavy (non-hydrogen) atoms. The smallest absolute Gasteiger partial charge is 0.352 e. The van der Waals surface area contributed by atoms with Crippen LogP contribution in [-0.2, 0) is 6.18 Å². The summed E-state index contributed by atoms with van der Waals surface area (Å²) >= 11 is 0. The maximum Gasteiger partial charge on any atom is 0.417 e. The monoisotopic (exact) mass is 487 g/mol. The molecule has 2 heterocycles. The van der Waals surface area contributed by atoms with Crippen LogP contribution < -0.4 is 10.2 Å². The van der Waals surface area contributed by atoms with Crippen molar-refractivity contribution in [2.75, 3.05) is 36.4 Å². The van der Waals surface area contributed by atoms with Crippen molar-refractivity contribution in [2.45, 2.75) is 13.1 Å². The minimum atomic E-state index is -4.62. The van der Waals surface area contributed by atoms with E-state index >= 15 is 0 Å². The molecule has 0 spiro atoms. The van der Waals surface area contributed by atoms with Gasteiger partial charge in [0.1, 0.15) is 5.82 Å². The number of amides is 2. The average molecular weight is 487 g/mol. The summed E-state index contributed by atoms with van der Waals surface area (Å²) < 4.78 is 53.8. The maximum absolute atomic E-state index is 14.0. The molecule has 0 unspecified atom stereocenters. The van der Waals surface area contributed by atoms with Crippen molar-refractivity contribution >= 4 is 23.3 Å². The van der Waals surface area contributed by atoms with Crippen molar-refractivity contribution in [3.8, 4) is 0 Å². The van der Waals surface area contributed by atoms with Crippen molar-refractivity contribution in [1.82, 2.24) is 15.1 Å². The maximum atomic E-state index is 14.0. The lowest BCUT2D eigenvalue weighted by Crippen LogP contribution is -2.49. The van der Waals surface area contributed by atoms with E-state index in [1.807, 2.05) is 4.90 Å². The molecule has 11 heteroatoms. The molecule has 2 amide bonds. The number of halogens is 4. The molecule has 1 aliphatic heterocycles. The van der Waals surface area contributed by atoms with Crippen LogP contribution in [0, 0.1) is 12.7 Å². The quantitative estimate of drug-likeness (QED) is 0.560. The number of nitrogens with one attached hydrogen (secondary N) is 1. The second-order valence-electron chi connectivity index (χ2n) is 8.04. The fraction of sp³-hybridized carbons (Fsp3) is 0.250. The summed E-state index contributed by atoms with van der Waals surface area (Å²) in [7, 11) is 0. The van der Waals surface area contributed by atoms with Crippen molar-refractivity contribution in [1.29, 1.82) is 0 Å². The first-order valence-corrected chi connectivity index (χ1v) is 10.7. The zero-order chi connectivity index (χ0) is 25.2. The summed E-state index contributed by atoms with van der Waals surface area (Å²) in [5.41, 5.74) is -0.604. The van der Waals surface area contributed by atoms with Crippen LogP contribution in [0.5, 0.6) is 0 Å². The fourth-order valence-electron chi connectivity index (χ4n) is 3.75. The number of carbonyl (C=O) groups is 2. The normalized spacial score (nSPS) is 14.1. The first-order chi connectivity index (χ1) is 16.6. The van der Waals surface area contributed by atoms with E-state index < -0.39 is 29.4 Å². The molecule has 4 rings (SSSR count). The van der Waals surface area contributed by atoms with Gasteiger partial charge in [-0.2, -0.15) is 13.2 Å². The minimum absolute atomic E-state index is 0.00806. The Labute approximate surface area is 198 Å². The Morgan fingerprint density at radius 2 is 1.66 bits per heavy atom. The van der Waals surface area contributed by atoms with Crippen LogP contribution in [-0.4, -0.2) is 53.1 Å². The molecule has 1 aliphatic rings. The Hall–Kier alpha value is -4.02. The van der Waals surface area contributed by atoms with Crippen LogP contribution in [0.3, 0.4) is 0 Å². The number of aryl methyl sites for hydroxylation is 1. The van der Waals surface area contributed by atoms with Crippen molar-refractivity contribution in [2.24, 2.45) is 0 Å². The van der Waals surface area contributed by atoms with E-state index in [9.17, 15) is 27.2 Å². The third-order valence-corrected chi connectivity index (χ3v) is 5.61. The number of rotatable bonds is 4. The van der Waals surface area contributed by atoms with Gasteiger partial charge in [0.15, 0.2) is 11.5 Å². The lowest BCUT2D eigenvalue weighted by atomic mass is 10.1. The molecule has 7 nitrogen and oxygen atoms in total. The first kappa shape index (κ1) is 24.1. The lowest BCUT2D eigenvalue weighted by Gasteiger charge is -2.35. The lowest BCUT2D eigenvalue weighted by molar-refractivity contribution is -0.138. The zero-order valence-electron chi connectivity index (χ0n) is 18.6. The molecular weight excluding hydrogens is 466 g/mol. The van der Waals surface area contributed by atoms with E-state index in [1.54, 1.807) is 19.1 Å². The standard InChI is InChI=1S/C24H21F4N5O2/c1-15-6-7-19(18(25)14-15)29-22(34)20-8-9-21(31-30-20)32-10-12-33(13-11-32)23(35)16-4-2-3-5-17(16)24(26,27)28/h2-9,14H,10-13H2,1H3,(H,29,34). The molecule has 0 saturated carbocycles. The number of alkyl halides is 3. The fourth-order valence-corrected chi connectivity index (χ4v) is 3.75. The van der Waals surface area contributed by atoms with E-state index in [2.05, 4.69) is 15.5 Å². The van der Waals surface area contributed by atoms with Gasteiger partial charge < -0.3 is 15.1 Å². The van der Waals surface area contributed by atoms with E-state index in [4.69, 9.17) is 0 Å². The van der Waals surface area contributed by atoms with Gasteiger partial charge in [0.2, 0.25) is 0 Å². The van der Waals surface area contributed by atoms with Gasteiger partial charge in [-0.1, -0.05) is 18.2 Å². The Morgan fingerprint density at radius 3 is 2.29 bits per heavy atom. The van der Waals surface area contributed by atoms with Gasteiger partial charge in [-0.3, -0.25) is 9.59 Å².